The summed E-state index contributed by atoms with van der Waals surface area (Å²) in [5.74, 6) is 0.387. The summed E-state index contributed by atoms with van der Waals surface area (Å²) in [5.41, 5.74) is 2.04. The van der Waals surface area contributed by atoms with Gasteiger partial charge in [0.2, 0.25) is 5.91 Å². The van der Waals surface area contributed by atoms with Crippen LogP contribution in [-0.4, -0.2) is 38.0 Å². The molecule has 0 heterocycles. The third-order valence-electron chi connectivity index (χ3n) is 4.60. The zero-order valence-corrected chi connectivity index (χ0v) is 17.9. The van der Waals surface area contributed by atoms with E-state index in [1.165, 1.54) is 31.4 Å². The summed E-state index contributed by atoms with van der Waals surface area (Å²) >= 11 is 0. The van der Waals surface area contributed by atoms with Crippen LogP contribution in [0, 0.1) is 12.7 Å². The molecule has 146 valence electrons. The standard InChI is InChI=1S/C19H29FN4O.HI/c1-14-12-16(20)9-8-15(14)10-11-22-19(21-2)23-13-18(25)24-17-6-4-3-5-7-17;/h8-9,12,17H,3-7,10-11,13H2,1-2H3,(H,24,25)(H2,21,22,23);1H. The fourth-order valence-corrected chi connectivity index (χ4v) is 3.17. The van der Waals surface area contributed by atoms with E-state index in [9.17, 15) is 9.18 Å². The van der Waals surface area contributed by atoms with Crippen molar-refractivity contribution < 1.29 is 9.18 Å². The number of amides is 1. The van der Waals surface area contributed by atoms with Crippen molar-refractivity contribution >= 4 is 35.8 Å². The van der Waals surface area contributed by atoms with Gasteiger partial charge in [-0.1, -0.05) is 25.3 Å². The van der Waals surface area contributed by atoms with E-state index in [0.29, 0.717) is 18.5 Å². The highest BCUT2D eigenvalue weighted by Gasteiger charge is 2.15. The lowest BCUT2D eigenvalue weighted by Crippen LogP contribution is -2.46. The lowest BCUT2D eigenvalue weighted by molar-refractivity contribution is -0.120. The molecular weight excluding hydrogens is 446 g/mol. The van der Waals surface area contributed by atoms with Gasteiger partial charge in [-0.3, -0.25) is 9.79 Å². The van der Waals surface area contributed by atoms with Crippen LogP contribution in [-0.2, 0) is 11.2 Å². The van der Waals surface area contributed by atoms with E-state index in [4.69, 9.17) is 0 Å². The second-order valence-electron chi connectivity index (χ2n) is 6.58. The molecule has 0 aliphatic heterocycles. The van der Waals surface area contributed by atoms with Crippen molar-refractivity contribution in [2.24, 2.45) is 4.99 Å². The zero-order valence-electron chi connectivity index (χ0n) is 15.6. The van der Waals surface area contributed by atoms with Gasteiger partial charge < -0.3 is 16.0 Å². The molecule has 1 aliphatic carbocycles. The molecule has 0 aromatic heterocycles. The maximum atomic E-state index is 13.1. The molecule has 7 heteroatoms. The number of carbonyl (C=O) groups excluding carboxylic acids is 1. The van der Waals surface area contributed by atoms with Gasteiger partial charge in [0.25, 0.3) is 0 Å². The van der Waals surface area contributed by atoms with Gasteiger partial charge in [-0.2, -0.15) is 0 Å². The van der Waals surface area contributed by atoms with Gasteiger partial charge in [-0.05, 0) is 49.4 Å². The van der Waals surface area contributed by atoms with E-state index < -0.39 is 0 Å². The monoisotopic (exact) mass is 476 g/mol. The lowest BCUT2D eigenvalue weighted by Gasteiger charge is -2.23. The number of hydrogen-bond acceptors (Lipinski definition) is 2. The summed E-state index contributed by atoms with van der Waals surface area (Å²) in [4.78, 5) is 16.1. The molecule has 0 spiro atoms. The molecule has 0 saturated heterocycles. The van der Waals surface area contributed by atoms with E-state index >= 15 is 0 Å². The molecule has 0 bridgehead atoms. The second kappa shape index (κ2) is 12.1. The Kier molecular flexibility index (Phi) is 10.5. The largest absolute Gasteiger partial charge is 0.356 e. The first-order chi connectivity index (χ1) is 12.1. The number of hydrogen-bond donors (Lipinski definition) is 3. The first kappa shape index (κ1) is 22.7. The molecule has 1 aromatic rings. The smallest absolute Gasteiger partial charge is 0.239 e. The van der Waals surface area contributed by atoms with E-state index in [1.807, 2.05) is 6.92 Å². The van der Waals surface area contributed by atoms with Crippen LogP contribution in [0.15, 0.2) is 23.2 Å². The Morgan fingerprint density at radius 2 is 1.96 bits per heavy atom. The van der Waals surface area contributed by atoms with E-state index in [-0.39, 0.29) is 42.2 Å². The van der Waals surface area contributed by atoms with E-state index in [1.54, 1.807) is 13.1 Å². The fourth-order valence-electron chi connectivity index (χ4n) is 3.17. The van der Waals surface area contributed by atoms with Crippen LogP contribution in [0.2, 0.25) is 0 Å². The first-order valence-electron chi connectivity index (χ1n) is 9.07. The highest BCUT2D eigenvalue weighted by molar-refractivity contribution is 14.0. The predicted molar refractivity (Wildman–Crippen MR) is 115 cm³/mol. The zero-order chi connectivity index (χ0) is 18.1. The number of nitrogens with zero attached hydrogens (tertiary/aromatic N) is 1. The minimum absolute atomic E-state index is 0. The van der Waals surface area contributed by atoms with Crippen molar-refractivity contribution in [3.05, 3.63) is 35.1 Å². The Bertz CT molecular complexity index is 603. The summed E-state index contributed by atoms with van der Waals surface area (Å²) in [6.45, 7) is 2.78. The molecule has 1 aliphatic rings. The molecule has 1 amide bonds. The first-order valence-corrected chi connectivity index (χ1v) is 9.07. The highest BCUT2D eigenvalue weighted by atomic mass is 127. The van der Waals surface area contributed by atoms with E-state index in [0.717, 1.165) is 30.4 Å². The third-order valence-corrected chi connectivity index (χ3v) is 4.60. The van der Waals surface area contributed by atoms with Gasteiger partial charge in [0.1, 0.15) is 5.82 Å². The quantitative estimate of drug-likeness (QED) is 0.336. The van der Waals surface area contributed by atoms with Gasteiger partial charge >= 0.3 is 0 Å². The van der Waals surface area contributed by atoms with Crippen LogP contribution in [0.5, 0.6) is 0 Å². The lowest BCUT2D eigenvalue weighted by atomic mass is 9.95. The average Bonchev–Trinajstić information content (AvgIpc) is 2.60. The number of nitrogens with one attached hydrogen (secondary N) is 3. The number of benzene rings is 1. The number of halogens is 2. The SMILES string of the molecule is CN=C(NCCc1ccc(F)cc1C)NCC(=O)NC1CCCCC1.I. The molecule has 1 fully saturated rings. The molecule has 0 unspecified atom stereocenters. The van der Waals surface area contributed by atoms with Crippen LogP contribution in [0.1, 0.15) is 43.2 Å². The molecule has 3 N–H and O–H groups in total. The van der Waals surface area contributed by atoms with Crippen LogP contribution in [0.3, 0.4) is 0 Å². The van der Waals surface area contributed by atoms with Gasteiger partial charge in [0.05, 0.1) is 6.54 Å². The van der Waals surface area contributed by atoms with Crippen molar-refractivity contribution in [1.29, 1.82) is 0 Å². The van der Waals surface area contributed by atoms with Crippen LogP contribution in [0.25, 0.3) is 0 Å². The Labute approximate surface area is 172 Å². The number of carbonyl (C=O) groups is 1. The molecule has 0 radical (unpaired) electrons. The van der Waals surface area contributed by atoms with Crippen molar-refractivity contribution in [3.8, 4) is 0 Å². The summed E-state index contributed by atoms with van der Waals surface area (Å²) < 4.78 is 13.1. The van der Waals surface area contributed by atoms with E-state index in [2.05, 4.69) is 20.9 Å². The fraction of sp³-hybridized carbons (Fsp3) is 0.579. The second-order valence-corrected chi connectivity index (χ2v) is 6.58. The topological polar surface area (TPSA) is 65.5 Å². The average molecular weight is 476 g/mol. The minimum atomic E-state index is -0.212. The number of guanidine groups is 1. The summed E-state index contributed by atoms with van der Waals surface area (Å²) in [7, 11) is 1.68. The molecule has 26 heavy (non-hydrogen) atoms. The summed E-state index contributed by atoms with van der Waals surface area (Å²) in [5, 5.41) is 9.29. The Hall–Kier alpha value is -1.38. The molecular formula is C19H30FIN4O. The highest BCUT2D eigenvalue weighted by Crippen LogP contribution is 2.17. The van der Waals surface area contributed by atoms with Gasteiger partial charge in [0, 0.05) is 19.6 Å². The van der Waals surface area contributed by atoms with Gasteiger partial charge in [-0.15, -0.1) is 24.0 Å². The number of aryl methyl sites for hydroxylation is 1. The maximum absolute atomic E-state index is 13.1. The molecule has 2 rings (SSSR count). The number of aliphatic imine (C=N–C) groups is 1. The molecule has 1 saturated carbocycles. The Balaban J connectivity index is 0.00000338. The van der Waals surface area contributed by atoms with Crippen molar-refractivity contribution in [1.82, 2.24) is 16.0 Å². The van der Waals surface area contributed by atoms with Gasteiger partial charge in [-0.25, -0.2) is 4.39 Å². The predicted octanol–water partition coefficient (Wildman–Crippen LogP) is 2.91. The summed E-state index contributed by atoms with van der Waals surface area (Å²) in [6, 6.07) is 5.14. The van der Waals surface area contributed by atoms with Crippen molar-refractivity contribution in [3.63, 3.8) is 0 Å². The van der Waals surface area contributed by atoms with Crippen LogP contribution in [0.4, 0.5) is 4.39 Å². The minimum Gasteiger partial charge on any atom is -0.356 e. The van der Waals surface area contributed by atoms with Crippen LogP contribution >= 0.6 is 24.0 Å². The third kappa shape index (κ3) is 7.88. The number of rotatable bonds is 6. The van der Waals surface area contributed by atoms with Crippen molar-refractivity contribution in [2.45, 2.75) is 51.5 Å². The molecule has 5 nitrogen and oxygen atoms in total. The molecule has 0 atom stereocenters. The Morgan fingerprint density at radius 1 is 1.23 bits per heavy atom. The summed E-state index contributed by atoms with van der Waals surface area (Å²) in [6.07, 6.45) is 6.59. The molecule has 1 aromatic carbocycles. The maximum Gasteiger partial charge on any atom is 0.239 e. The van der Waals surface area contributed by atoms with Crippen molar-refractivity contribution in [2.75, 3.05) is 20.1 Å². The normalized spacial score (nSPS) is 15.1. The van der Waals surface area contributed by atoms with Crippen LogP contribution < -0.4 is 16.0 Å². The van der Waals surface area contributed by atoms with Gasteiger partial charge in [0.15, 0.2) is 5.96 Å². The Morgan fingerprint density at radius 3 is 2.62 bits per heavy atom.